The maximum Gasteiger partial charge on any atom is 0.237 e. The number of nitrogens with zero attached hydrogens (tertiary/aromatic N) is 1. The van der Waals surface area contributed by atoms with Gasteiger partial charge in [0.1, 0.15) is 0 Å². The second-order valence-electron chi connectivity index (χ2n) is 5.48. The minimum Gasteiger partial charge on any atom is -0.354 e. The number of likely N-dealkylation sites (tertiary alicyclic amines) is 1. The summed E-state index contributed by atoms with van der Waals surface area (Å²) in [7, 11) is 0. The first kappa shape index (κ1) is 14.3. The Balaban J connectivity index is 1.62. The molecule has 0 aliphatic carbocycles. The van der Waals surface area contributed by atoms with E-state index in [2.05, 4.69) is 10.6 Å². The summed E-state index contributed by atoms with van der Waals surface area (Å²) in [6.07, 6.45) is 7.06. The average molecular weight is 267 g/mol. The molecule has 2 aliphatic heterocycles. The molecule has 5 nitrogen and oxygen atoms in total. The van der Waals surface area contributed by atoms with Gasteiger partial charge in [-0.25, -0.2) is 0 Å². The van der Waals surface area contributed by atoms with Crippen LogP contribution in [0.1, 0.15) is 44.9 Å². The number of amides is 2. The van der Waals surface area contributed by atoms with Crippen molar-refractivity contribution >= 4 is 11.8 Å². The van der Waals surface area contributed by atoms with E-state index in [9.17, 15) is 9.59 Å². The number of rotatable bonds is 4. The minimum atomic E-state index is -0.0566. The number of hydrogen-bond donors (Lipinski definition) is 2. The van der Waals surface area contributed by atoms with Gasteiger partial charge in [-0.3, -0.25) is 9.59 Å². The average Bonchev–Trinajstić information content (AvgIpc) is 2.49. The summed E-state index contributed by atoms with van der Waals surface area (Å²) >= 11 is 0. The third-order valence-corrected chi connectivity index (χ3v) is 3.97. The monoisotopic (exact) mass is 267 g/mol. The van der Waals surface area contributed by atoms with Gasteiger partial charge >= 0.3 is 0 Å². The maximum atomic E-state index is 11.9. The molecule has 2 aliphatic rings. The van der Waals surface area contributed by atoms with E-state index in [1.807, 2.05) is 4.90 Å². The lowest BCUT2D eigenvalue weighted by molar-refractivity contribution is -0.132. The smallest absolute Gasteiger partial charge is 0.237 e. The third kappa shape index (κ3) is 4.49. The van der Waals surface area contributed by atoms with Crippen LogP contribution in [-0.2, 0) is 9.59 Å². The standard InChI is InChI=1S/C14H25N3O2/c18-13(17-10-4-1-5-11-17)7-9-16-14(19)12-6-2-3-8-15-12/h12,15H,1-11H2,(H,16,19). The Bertz CT molecular complexity index is 278. The van der Waals surface area contributed by atoms with Crippen molar-refractivity contribution in [3.63, 3.8) is 0 Å². The minimum absolute atomic E-state index is 0.0474. The van der Waals surface area contributed by atoms with Crippen LogP contribution in [0.2, 0.25) is 0 Å². The van der Waals surface area contributed by atoms with Crippen LogP contribution in [0.4, 0.5) is 0 Å². The summed E-state index contributed by atoms with van der Waals surface area (Å²) in [5.41, 5.74) is 0. The molecule has 2 amide bonds. The van der Waals surface area contributed by atoms with Gasteiger partial charge in [0.2, 0.25) is 11.8 Å². The fraction of sp³-hybridized carbons (Fsp3) is 0.857. The topological polar surface area (TPSA) is 61.4 Å². The molecule has 2 heterocycles. The van der Waals surface area contributed by atoms with E-state index >= 15 is 0 Å². The highest BCUT2D eigenvalue weighted by Gasteiger charge is 2.21. The van der Waals surface area contributed by atoms with Crippen LogP contribution in [-0.4, -0.2) is 48.9 Å². The van der Waals surface area contributed by atoms with Gasteiger partial charge in [0, 0.05) is 26.1 Å². The summed E-state index contributed by atoms with van der Waals surface area (Å²) in [5, 5.41) is 6.09. The number of nitrogens with one attached hydrogen (secondary N) is 2. The molecule has 5 heteroatoms. The molecule has 0 aromatic rings. The van der Waals surface area contributed by atoms with E-state index in [1.54, 1.807) is 0 Å². The van der Waals surface area contributed by atoms with Gasteiger partial charge < -0.3 is 15.5 Å². The molecule has 0 spiro atoms. The highest BCUT2D eigenvalue weighted by atomic mass is 16.2. The quantitative estimate of drug-likeness (QED) is 0.786. The van der Waals surface area contributed by atoms with E-state index in [-0.39, 0.29) is 17.9 Å². The third-order valence-electron chi connectivity index (χ3n) is 3.97. The Kier molecular flexibility index (Phi) is 5.63. The maximum absolute atomic E-state index is 11.9. The van der Waals surface area contributed by atoms with Gasteiger partial charge in [0.05, 0.1) is 6.04 Å². The van der Waals surface area contributed by atoms with Gasteiger partial charge in [-0.15, -0.1) is 0 Å². The summed E-state index contributed by atoms with van der Waals surface area (Å²) in [6, 6.07) is -0.0566. The first-order chi connectivity index (χ1) is 9.27. The molecule has 0 saturated carbocycles. The largest absolute Gasteiger partial charge is 0.354 e. The number of piperidine rings is 2. The van der Waals surface area contributed by atoms with Crippen LogP contribution >= 0.6 is 0 Å². The van der Waals surface area contributed by atoms with Gasteiger partial charge in [-0.1, -0.05) is 6.42 Å². The molecule has 0 radical (unpaired) electrons. The number of carbonyl (C=O) groups is 2. The van der Waals surface area contributed by atoms with Gasteiger partial charge in [-0.2, -0.15) is 0 Å². The molecule has 0 aromatic carbocycles. The Hall–Kier alpha value is -1.10. The molecular formula is C14H25N3O2. The Morgan fingerprint density at radius 1 is 1.11 bits per heavy atom. The predicted molar refractivity (Wildman–Crippen MR) is 73.7 cm³/mol. The number of hydrogen-bond acceptors (Lipinski definition) is 3. The van der Waals surface area contributed by atoms with Crippen molar-refractivity contribution in [2.45, 2.75) is 51.0 Å². The Morgan fingerprint density at radius 3 is 2.58 bits per heavy atom. The van der Waals surface area contributed by atoms with Crippen molar-refractivity contribution in [2.75, 3.05) is 26.2 Å². The fourth-order valence-corrected chi connectivity index (χ4v) is 2.79. The highest BCUT2D eigenvalue weighted by Crippen LogP contribution is 2.10. The molecule has 0 bridgehead atoms. The Morgan fingerprint density at radius 2 is 1.89 bits per heavy atom. The van der Waals surface area contributed by atoms with Crippen molar-refractivity contribution in [1.29, 1.82) is 0 Å². The lowest BCUT2D eigenvalue weighted by Gasteiger charge is -2.27. The summed E-state index contributed by atoms with van der Waals surface area (Å²) in [5.74, 6) is 0.225. The molecule has 108 valence electrons. The van der Waals surface area contributed by atoms with Gasteiger partial charge in [0.15, 0.2) is 0 Å². The summed E-state index contributed by atoms with van der Waals surface area (Å²) < 4.78 is 0. The highest BCUT2D eigenvalue weighted by molar-refractivity contribution is 5.82. The lowest BCUT2D eigenvalue weighted by atomic mass is 10.0. The zero-order valence-corrected chi connectivity index (χ0v) is 11.6. The lowest BCUT2D eigenvalue weighted by Crippen LogP contribution is -2.47. The van der Waals surface area contributed by atoms with Crippen LogP contribution in [0.3, 0.4) is 0 Å². The molecule has 2 saturated heterocycles. The van der Waals surface area contributed by atoms with E-state index in [4.69, 9.17) is 0 Å². The Labute approximate surface area is 115 Å². The van der Waals surface area contributed by atoms with Crippen molar-refractivity contribution in [2.24, 2.45) is 0 Å². The molecule has 0 aromatic heterocycles. The zero-order valence-electron chi connectivity index (χ0n) is 11.6. The number of carbonyl (C=O) groups excluding carboxylic acids is 2. The molecular weight excluding hydrogens is 242 g/mol. The van der Waals surface area contributed by atoms with E-state index in [0.717, 1.165) is 51.7 Å². The molecule has 2 rings (SSSR count). The van der Waals surface area contributed by atoms with E-state index in [0.29, 0.717) is 13.0 Å². The van der Waals surface area contributed by atoms with E-state index < -0.39 is 0 Å². The van der Waals surface area contributed by atoms with Crippen LogP contribution < -0.4 is 10.6 Å². The molecule has 2 fully saturated rings. The van der Waals surface area contributed by atoms with Crippen molar-refractivity contribution in [1.82, 2.24) is 15.5 Å². The predicted octanol–water partition coefficient (Wildman–Crippen LogP) is 0.647. The second-order valence-corrected chi connectivity index (χ2v) is 5.48. The zero-order chi connectivity index (χ0) is 13.5. The SMILES string of the molecule is O=C(NCCC(=O)N1CCCCC1)C1CCCCN1. The van der Waals surface area contributed by atoms with E-state index in [1.165, 1.54) is 6.42 Å². The van der Waals surface area contributed by atoms with Crippen LogP contribution in [0.25, 0.3) is 0 Å². The van der Waals surface area contributed by atoms with Crippen LogP contribution in [0.5, 0.6) is 0 Å². The molecule has 2 N–H and O–H groups in total. The van der Waals surface area contributed by atoms with Gasteiger partial charge in [-0.05, 0) is 38.6 Å². The molecule has 1 atom stereocenters. The van der Waals surface area contributed by atoms with Crippen molar-refractivity contribution in [3.8, 4) is 0 Å². The van der Waals surface area contributed by atoms with Crippen LogP contribution in [0.15, 0.2) is 0 Å². The van der Waals surface area contributed by atoms with Crippen molar-refractivity contribution in [3.05, 3.63) is 0 Å². The normalized spacial score (nSPS) is 24.0. The van der Waals surface area contributed by atoms with Crippen molar-refractivity contribution < 1.29 is 9.59 Å². The summed E-state index contributed by atoms with van der Waals surface area (Å²) in [4.78, 5) is 25.7. The second kappa shape index (κ2) is 7.48. The first-order valence-electron chi connectivity index (χ1n) is 7.56. The summed E-state index contributed by atoms with van der Waals surface area (Å²) in [6.45, 7) is 3.16. The first-order valence-corrected chi connectivity index (χ1v) is 7.56. The molecule has 19 heavy (non-hydrogen) atoms. The van der Waals surface area contributed by atoms with Gasteiger partial charge in [0.25, 0.3) is 0 Å². The fourth-order valence-electron chi connectivity index (χ4n) is 2.79. The van der Waals surface area contributed by atoms with Crippen LogP contribution in [0, 0.1) is 0 Å². The molecule has 1 unspecified atom stereocenters.